The maximum atomic E-state index is 10.5. The lowest BCUT2D eigenvalue weighted by atomic mass is 9.73. The van der Waals surface area contributed by atoms with Crippen molar-refractivity contribution in [3.63, 3.8) is 0 Å². The molecule has 1 aliphatic heterocycles. The first-order valence-electron chi connectivity index (χ1n) is 8.08. The number of likely N-dealkylation sites (tertiary alicyclic amines) is 1. The molecular formula is C18H22N2OS. The second kappa shape index (κ2) is 5.74. The zero-order valence-electron chi connectivity index (χ0n) is 12.9. The largest absolute Gasteiger partial charge is 0.361 e. The van der Waals surface area contributed by atoms with Crippen LogP contribution in [0.15, 0.2) is 24.4 Å². The van der Waals surface area contributed by atoms with Crippen LogP contribution in [-0.2, 0) is 11.2 Å². The quantitative estimate of drug-likeness (QED) is 0.696. The number of aldehydes is 1. The Morgan fingerprint density at radius 3 is 3.23 bits per heavy atom. The Hall–Kier alpha value is -1.26. The van der Waals surface area contributed by atoms with Gasteiger partial charge in [-0.05, 0) is 48.8 Å². The highest BCUT2D eigenvalue weighted by Gasteiger charge is 2.39. The molecule has 1 aromatic heterocycles. The van der Waals surface area contributed by atoms with Gasteiger partial charge in [0.25, 0.3) is 0 Å². The summed E-state index contributed by atoms with van der Waals surface area (Å²) in [6.45, 7) is 1.16. The summed E-state index contributed by atoms with van der Waals surface area (Å²) in [5.74, 6) is 3.05. The van der Waals surface area contributed by atoms with E-state index in [2.05, 4.69) is 41.3 Å². The van der Waals surface area contributed by atoms with Crippen molar-refractivity contribution in [2.45, 2.75) is 24.8 Å². The lowest BCUT2D eigenvalue weighted by Crippen LogP contribution is -2.48. The van der Waals surface area contributed by atoms with Gasteiger partial charge in [0.1, 0.15) is 6.29 Å². The topological polar surface area (TPSA) is 36.1 Å². The number of likely N-dealkylation sites (N-methyl/N-ethyl adjacent to an activating group) is 1. The summed E-state index contributed by atoms with van der Waals surface area (Å²) in [5.41, 5.74) is 4.29. The van der Waals surface area contributed by atoms with Gasteiger partial charge in [0, 0.05) is 41.4 Å². The van der Waals surface area contributed by atoms with Crippen LogP contribution >= 0.6 is 11.8 Å². The molecule has 0 saturated carbocycles. The summed E-state index contributed by atoms with van der Waals surface area (Å²) in [6.07, 6.45) is 5.63. The second-order valence-corrected chi connectivity index (χ2v) is 7.78. The van der Waals surface area contributed by atoms with Crippen molar-refractivity contribution < 1.29 is 4.79 Å². The number of hydrogen-bond donors (Lipinski definition) is 1. The summed E-state index contributed by atoms with van der Waals surface area (Å²) < 4.78 is 0. The molecule has 0 amide bonds. The van der Waals surface area contributed by atoms with Gasteiger partial charge in [0.15, 0.2) is 0 Å². The van der Waals surface area contributed by atoms with Crippen molar-refractivity contribution >= 4 is 29.0 Å². The SMILES string of the molecule is CN1CC(CSCC=O)C[C@@H]2c3cccc4[nH]cc(c34)C[C@H]21. The van der Waals surface area contributed by atoms with Gasteiger partial charge in [0.05, 0.1) is 0 Å². The maximum Gasteiger partial charge on any atom is 0.129 e. The third-order valence-electron chi connectivity index (χ3n) is 5.35. The van der Waals surface area contributed by atoms with Crippen molar-refractivity contribution in [1.82, 2.24) is 9.88 Å². The smallest absolute Gasteiger partial charge is 0.129 e. The van der Waals surface area contributed by atoms with E-state index < -0.39 is 0 Å². The van der Waals surface area contributed by atoms with Crippen molar-refractivity contribution in [2.75, 3.05) is 25.1 Å². The number of piperidine rings is 1. The van der Waals surface area contributed by atoms with E-state index in [4.69, 9.17) is 0 Å². The number of benzene rings is 1. The average Bonchev–Trinajstić information content (AvgIpc) is 2.94. The van der Waals surface area contributed by atoms with Crippen LogP contribution in [-0.4, -0.2) is 47.3 Å². The Morgan fingerprint density at radius 1 is 1.45 bits per heavy atom. The summed E-state index contributed by atoms with van der Waals surface area (Å²) >= 11 is 1.78. The van der Waals surface area contributed by atoms with Crippen LogP contribution < -0.4 is 0 Å². The Balaban J connectivity index is 1.65. The Kier molecular flexibility index (Phi) is 3.74. The van der Waals surface area contributed by atoms with Gasteiger partial charge in [0.2, 0.25) is 0 Å². The van der Waals surface area contributed by atoms with Gasteiger partial charge < -0.3 is 14.7 Å². The van der Waals surface area contributed by atoms with E-state index in [1.807, 2.05) is 0 Å². The monoisotopic (exact) mass is 314 g/mol. The van der Waals surface area contributed by atoms with Gasteiger partial charge in [-0.3, -0.25) is 0 Å². The number of nitrogens with one attached hydrogen (secondary N) is 1. The summed E-state index contributed by atoms with van der Waals surface area (Å²) in [7, 11) is 2.27. The number of aromatic nitrogens is 1. The second-order valence-electron chi connectivity index (χ2n) is 6.71. The first kappa shape index (κ1) is 14.3. The van der Waals surface area contributed by atoms with Crippen LogP contribution in [0.25, 0.3) is 10.9 Å². The molecule has 1 aromatic carbocycles. The molecule has 2 aromatic rings. The minimum Gasteiger partial charge on any atom is -0.361 e. The van der Waals surface area contributed by atoms with E-state index in [9.17, 15) is 4.79 Å². The molecule has 0 bridgehead atoms. The molecule has 1 aliphatic carbocycles. The highest BCUT2D eigenvalue weighted by atomic mass is 32.2. The van der Waals surface area contributed by atoms with Crippen molar-refractivity contribution in [1.29, 1.82) is 0 Å². The molecule has 0 radical (unpaired) electrons. The molecule has 22 heavy (non-hydrogen) atoms. The number of carbonyl (C=O) groups is 1. The zero-order valence-corrected chi connectivity index (χ0v) is 13.7. The normalized spacial score (nSPS) is 27.8. The van der Waals surface area contributed by atoms with E-state index in [1.165, 1.54) is 28.5 Å². The highest BCUT2D eigenvalue weighted by Crippen LogP contribution is 2.44. The van der Waals surface area contributed by atoms with Gasteiger partial charge in [-0.15, -0.1) is 0 Å². The van der Waals surface area contributed by atoms with E-state index in [1.54, 1.807) is 11.8 Å². The molecule has 2 aliphatic rings. The third kappa shape index (κ3) is 2.29. The Labute approximate surface area is 135 Å². The fourth-order valence-corrected chi connectivity index (χ4v) is 5.26. The van der Waals surface area contributed by atoms with Crippen LogP contribution in [0.1, 0.15) is 23.5 Å². The minimum absolute atomic E-state index is 0.626. The minimum atomic E-state index is 0.626. The fourth-order valence-electron chi connectivity index (χ4n) is 4.46. The molecular weight excluding hydrogens is 292 g/mol. The Morgan fingerprint density at radius 2 is 2.36 bits per heavy atom. The van der Waals surface area contributed by atoms with E-state index >= 15 is 0 Å². The molecule has 4 heteroatoms. The first-order valence-corrected chi connectivity index (χ1v) is 9.24. The standard InChI is InChI=1S/C18H22N2OS/c1-20-10-12(11-22-6-5-21)7-15-14-3-2-4-16-18(14)13(9-19-16)8-17(15)20/h2-5,9,12,15,17,19H,6-8,10-11H2,1H3/t12?,15-,17-/m1/s1. The van der Waals surface area contributed by atoms with Crippen LogP contribution in [0.2, 0.25) is 0 Å². The predicted octanol–water partition coefficient (Wildman–Crippen LogP) is 3.06. The lowest BCUT2D eigenvalue weighted by Gasteiger charge is -2.45. The molecule has 1 N–H and O–H groups in total. The molecule has 2 heterocycles. The molecule has 1 fully saturated rings. The van der Waals surface area contributed by atoms with Crippen molar-refractivity contribution in [2.24, 2.45) is 5.92 Å². The number of nitrogens with zero attached hydrogens (tertiary/aromatic N) is 1. The van der Waals surface area contributed by atoms with E-state index in [-0.39, 0.29) is 0 Å². The third-order valence-corrected chi connectivity index (χ3v) is 6.43. The van der Waals surface area contributed by atoms with Gasteiger partial charge in [-0.1, -0.05) is 12.1 Å². The fraction of sp³-hybridized carbons (Fsp3) is 0.500. The van der Waals surface area contributed by atoms with E-state index in [0.717, 1.165) is 25.0 Å². The number of aromatic amines is 1. The van der Waals surface area contributed by atoms with Crippen LogP contribution in [0.4, 0.5) is 0 Å². The number of carbonyl (C=O) groups excluding carboxylic acids is 1. The number of fused-ring (bicyclic) bond motifs is 2. The molecule has 116 valence electrons. The molecule has 3 nitrogen and oxygen atoms in total. The number of rotatable bonds is 4. The average molecular weight is 314 g/mol. The molecule has 3 atom stereocenters. The maximum absolute atomic E-state index is 10.5. The number of hydrogen-bond acceptors (Lipinski definition) is 3. The summed E-state index contributed by atoms with van der Waals surface area (Å²) in [4.78, 5) is 16.5. The van der Waals surface area contributed by atoms with Crippen LogP contribution in [0, 0.1) is 5.92 Å². The van der Waals surface area contributed by atoms with Gasteiger partial charge >= 0.3 is 0 Å². The Bertz CT molecular complexity index is 695. The van der Waals surface area contributed by atoms with Crippen LogP contribution in [0.5, 0.6) is 0 Å². The van der Waals surface area contributed by atoms with E-state index in [0.29, 0.717) is 23.6 Å². The first-order chi connectivity index (χ1) is 10.8. The predicted molar refractivity (Wildman–Crippen MR) is 92.7 cm³/mol. The van der Waals surface area contributed by atoms with Crippen molar-refractivity contribution in [3.05, 3.63) is 35.5 Å². The number of H-pyrrole nitrogens is 1. The molecule has 4 rings (SSSR count). The molecule has 1 saturated heterocycles. The van der Waals surface area contributed by atoms with Gasteiger partial charge in [-0.2, -0.15) is 11.8 Å². The summed E-state index contributed by atoms with van der Waals surface area (Å²) in [6, 6.07) is 7.32. The highest BCUT2D eigenvalue weighted by molar-refractivity contribution is 7.99. The number of thioether (sulfide) groups is 1. The lowest BCUT2D eigenvalue weighted by molar-refractivity contribution is -0.105. The van der Waals surface area contributed by atoms with Gasteiger partial charge in [-0.25, -0.2) is 0 Å². The molecule has 1 unspecified atom stereocenters. The zero-order chi connectivity index (χ0) is 15.1. The molecule has 0 spiro atoms. The summed E-state index contributed by atoms with van der Waals surface area (Å²) in [5, 5.41) is 1.47. The van der Waals surface area contributed by atoms with Crippen molar-refractivity contribution in [3.8, 4) is 0 Å². The van der Waals surface area contributed by atoms with Crippen LogP contribution in [0.3, 0.4) is 0 Å².